The van der Waals surface area contributed by atoms with Gasteiger partial charge in [-0.25, -0.2) is 4.79 Å². The third-order valence-corrected chi connectivity index (χ3v) is 4.00. The van der Waals surface area contributed by atoms with Gasteiger partial charge in [-0.15, -0.1) is 0 Å². The van der Waals surface area contributed by atoms with Gasteiger partial charge in [0.2, 0.25) is 5.91 Å². The molecule has 2 aliphatic rings. The molecule has 3 amide bonds. The quantitative estimate of drug-likeness (QED) is 0.643. The fourth-order valence-electron chi connectivity index (χ4n) is 2.60. The van der Waals surface area contributed by atoms with Crippen LogP contribution in [0.1, 0.15) is 19.8 Å². The molecule has 22 heavy (non-hydrogen) atoms. The number of nitrogens with one attached hydrogen (secondary N) is 2. The van der Waals surface area contributed by atoms with Crippen molar-refractivity contribution in [3.8, 4) is 0 Å². The average molecular weight is 312 g/mol. The number of likely N-dealkylation sites (N-methyl/N-ethyl adjacent to an activating group) is 1. The Morgan fingerprint density at radius 1 is 1.23 bits per heavy atom. The maximum atomic E-state index is 12.3. The standard InChI is InChI=1S/C15H28N4O3/c1-12(20)16-5-6-17-15(21)19(9-13-3-4-13)11-14-10-18(2)7-8-22-14/h13-14H,3-11H2,1-2H3,(H,16,20)(H,17,21). The first-order valence-electron chi connectivity index (χ1n) is 8.12. The molecular formula is C15H28N4O3. The monoisotopic (exact) mass is 312 g/mol. The van der Waals surface area contributed by atoms with E-state index in [-0.39, 0.29) is 18.0 Å². The minimum absolute atomic E-state index is 0.0610. The summed E-state index contributed by atoms with van der Waals surface area (Å²) in [5, 5.41) is 5.55. The van der Waals surface area contributed by atoms with Gasteiger partial charge in [-0.2, -0.15) is 0 Å². The number of hydrogen-bond donors (Lipinski definition) is 2. The predicted octanol–water partition coefficient (Wildman–Crippen LogP) is -0.125. The molecule has 2 fully saturated rings. The van der Waals surface area contributed by atoms with E-state index < -0.39 is 0 Å². The zero-order chi connectivity index (χ0) is 15.9. The minimum atomic E-state index is -0.0808. The summed E-state index contributed by atoms with van der Waals surface area (Å²) >= 11 is 0. The highest BCUT2D eigenvalue weighted by Crippen LogP contribution is 2.29. The lowest BCUT2D eigenvalue weighted by Gasteiger charge is -2.34. The summed E-state index contributed by atoms with van der Waals surface area (Å²) in [6.07, 6.45) is 2.50. The zero-order valence-corrected chi connectivity index (χ0v) is 13.6. The molecule has 0 bridgehead atoms. The van der Waals surface area contributed by atoms with Crippen LogP contribution in [0.4, 0.5) is 4.79 Å². The molecule has 0 aromatic rings. The van der Waals surface area contributed by atoms with Crippen molar-refractivity contribution in [1.82, 2.24) is 20.4 Å². The van der Waals surface area contributed by atoms with Gasteiger partial charge >= 0.3 is 6.03 Å². The fourth-order valence-corrected chi connectivity index (χ4v) is 2.60. The summed E-state index contributed by atoms with van der Waals surface area (Å²) in [4.78, 5) is 27.3. The summed E-state index contributed by atoms with van der Waals surface area (Å²) in [7, 11) is 2.08. The van der Waals surface area contributed by atoms with Crippen LogP contribution >= 0.6 is 0 Å². The van der Waals surface area contributed by atoms with Crippen molar-refractivity contribution in [3.63, 3.8) is 0 Å². The van der Waals surface area contributed by atoms with Crippen molar-refractivity contribution in [2.45, 2.75) is 25.9 Å². The second-order valence-corrected chi connectivity index (χ2v) is 6.32. The summed E-state index contributed by atoms with van der Waals surface area (Å²) in [5.74, 6) is 0.560. The van der Waals surface area contributed by atoms with E-state index in [0.717, 1.165) is 26.2 Å². The van der Waals surface area contributed by atoms with Crippen LogP contribution in [-0.4, -0.2) is 80.8 Å². The van der Waals surface area contributed by atoms with Crippen LogP contribution in [0.25, 0.3) is 0 Å². The maximum absolute atomic E-state index is 12.3. The molecule has 2 rings (SSSR count). The molecule has 2 N–H and O–H groups in total. The van der Waals surface area contributed by atoms with Crippen LogP contribution in [0.2, 0.25) is 0 Å². The smallest absolute Gasteiger partial charge is 0.317 e. The largest absolute Gasteiger partial charge is 0.374 e. The molecule has 0 aromatic heterocycles. The van der Waals surface area contributed by atoms with E-state index in [1.165, 1.54) is 19.8 Å². The van der Waals surface area contributed by atoms with Crippen LogP contribution in [-0.2, 0) is 9.53 Å². The van der Waals surface area contributed by atoms with E-state index in [1.807, 2.05) is 4.90 Å². The first kappa shape index (κ1) is 17.0. The summed E-state index contributed by atoms with van der Waals surface area (Å²) < 4.78 is 5.77. The second-order valence-electron chi connectivity index (χ2n) is 6.32. The number of ether oxygens (including phenoxy) is 1. The minimum Gasteiger partial charge on any atom is -0.374 e. The number of urea groups is 1. The number of morpholine rings is 1. The predicted molar refractivity (Wildman–Crippen MR) is 83.6 cm³/mol. The van der Waals surface area contributed by atoms with Crippen molar-refractivity contribution in [3.05, 3.63) is 0 Å². The summed E-state index contributed by atoms with van der Waals surface area (Å²) in [5.41, 5.74) is 0. The van der Waals surface area contributed by atoms with E-state index in [4.69, 9.17) is 4.74 Å². The molecule has 0 aromatic carbocycles. The van der Waals surface area contributed by atoms with Gasteiger partial charge in [-0.05, 0) is 25.8 Å². The Balaban J connectivity index is 1.76. The SMILES string of the molecule is CC(=O)NCCNC(=O)N(CC1CC1)CC1CN(C)CCO1. The number of carbonyl (C=O) groups is 2. The van der Waals surface area contributed by atoms with Gasteiger partial charge in [-0.1, -0.05) is 0 Å². The Morgan fingerprint density at radius 3 is 2.59 bits per heavy atom. The van der Waals surface area contributed by atoms with Gasteiger partial charge in [0, 0.05) is 46.2 Å². The van der Waals surface area contributed by atoms with Crippen LogP contribution in [0.15, 0.2) is 0 Å². The Kier molecular flexibility index (Phi) is 6.45. The van der Waals surface area contributed by atoms with Crippen molar-refractivity contribution >= 4 is 11.9 Å². The topological polar surface area (TPSA) is 73.9 Å². The summed E-state index contributed by atoms with van der Waals surface area (Å²) in [6, 6.07) is -0.0610. The molecule has 1 unspecified atom stereocenters. The van der Waals surface area contributed by atoms with E-state index >= 15 is 0 Å². The van der Waals surface area contributed by atoms with E-state index in [0.29, 0.717) is 25.6 Å². The number of amides is 3. The molecule has 1 heterocycles. The molecule has 1 atom stereocenters. The lowest BCUT2D eigenvalue weighted by atomic mass is 10.2. The molecule has 1 saturated heterocycles. The fraction of sp³-hybridized carbons (Fsp3) is 0.867. The molecule has 0 radical (unpaired) electrons. The van der Waals surface area contributed by atoms with Crippen molar-refractivity contribution in [2.75, 3.05) is 52.9 Å². The Bertz CT molecular complexity index is 387. The molecular weight excluding hydrogens is 284 g/mol. The second kappa shape index (κ2) is 8.33. The highest BCUT2D eigenvalue weighted by Gasteiger charge is 2.29. The maximum Gasteiger partial charge on any atom is 0.317 e. The van der Waals surface area contributed by atoms with Crippen molar-refractivity contribution in [2.24, 2.45) is 5.92 Å². The Labute approximate surface area is 132 Å². The zero-order valence-electron chi connectivity index (χ0n) is 13.6. The molecule has 7 nitrogen and oxygen atoms in total. The van der Waals surface area contributed by atoms with Gasteiger partial charge in [0.15, 0.2) is 0 Å². The lowest BCUT2D eigenvalue weighted by Crippen LogP contribution is -2.51. The molecule has 1 aliphatic carbocycles. The number of nitrogens with zero attached hydrogens (tertiary/aromatic N) is 2. The van der Waals surface area contributed by atoms with Crippen LogP contribution < -0.4 is 10.6 Å². The van der Waals surface area contributed by atoms with Crippen LogP contribution in [0.5, 0.6) is 0 Å². The normalized spacial score (nSPS) is 22.2. The number of rotatable bonds is 7. The Morgan fingerprint density at radius 2 is 1.95 bits per heavy atom. The van der Waals surface area contributed by atoms with E-state index in [9.17, 15) is 9.59 Å². The van der Waals surface area contributed by atoms with E-state index in [1.54, 1.807) is 0 Å². The molecule has 1 saturated carbocycles. The van der Waals surface area contributed by atoms with E-state index in [2.05, 4.69) is 22.6 Å². The molecule has 1 aliphatic heterocycles. The number of hydrogen-bond acceptors (Lipinski definition) is 4. The third kappa shape index (κ3) is 6.19. The van der Waals surface area contributed by atoms with Gasteiger partial charge in [-0.3, -0.25) is 4.79 Å². The first-order valence-corrected chi connectivity index (χ1v) is 8.12. The molecule has 0 spiro atoms. The summed E-state index contributed by atoms with van der Waals surface area (Å²) in [6.45, 7) is 6.34. The van der Waals surface area contributed by atoms with Gasteiger partial charge < -0.3 is 25.2 Å². The highest BCUT2D eigenvalue weighted by atomic mass is 16.5. The molecule has 7 heteroatoms. The van der Waals surface area contributed by atoms with Crippen LogP contribution in [0, 0.1) is 5.92 Å². The van der Waals surface area contributed by atoms with Crippen molar-refractivity contribution in [1.29, 1.82) is 0 Å². The first-order chi connectivity index (χ1) is 10.5. The highest BCUT2D eigenvalue weighted by molar-refractivity contribution is 5.75. The van der Waals surface area contributed by atoms with Crippen molar-refractivity contribution < 1.29 is 14.3 Å². The van der Waals surface area contributed by atoms with Crippen LogP contribution in [0.3, 0.4) is 0 Å². The van der Waals surface area contributed by atoms with Gasteiger partial charge in [0.1, 0.15) is 0 Å². The molecule has 126 valence electrons. The van der Waals surface area contributed by atoms with Gasteiger partial charge in [0.25, 0.3) is 0 Å². The number of carbonyl (C=O) groups excluding carboxylic acids is 2. The lowest BCUT2D eigenvalue weighted by molar-refractivity contribution is -0.118. The Hall–Kier alpha value is -1.34. The van der Waals surface area contributed by atoms with Gasteiger partial charge in [0.05, 0.1) is 12.7 Å². The third-order valence-electron chi connectivity index (χ3n) is 4.00. The average Bonchev–Trinajstić information content (AvgIpc) is 3.26.